The fraction of sp³-hybridized carbons (Fsp3) is 0.286. The standard InChI is InChI=1S/C14H13FO2/c15-13-3-1-2-12-11(13)4-6-14(12,16)8-10-5-7-17-9-10/h1-3,5,7,9,16H,4,6,8H2. The van der Waals surface area contributed by atoms with E-state index in [-0.39, 0.29) is 5.82 Å². The van der Waals surface area contributed by atoms with Crippen molar-refractivity contribution in [2.45, 2.75) is 24.9 Å². The maximum absolute atomic E-state index is 13.6. The molecule has 2 aromatic rings. The highest BCUT2D eigenvalue weighted by Crippen LogP contribution is 2.40. The van der Waals surface area contributed by atoms with E-state index in [1.807, 2.05) is 12.1 Å². The Balaban J connectivity index is 1.99. The molecule has 17 heavy (non-hydrogen) atoms. The number of furan rings is 1. The lowest BCUT2D eigenvalue weighted by molar-refractivity contribution is 0.0388. The molecule has 1 N–H and O–H groups in total. The van der Waals surface area contributed by atoms with Crippen molar-refractivity contribution in [1.82, 2.24) is 0 Å². The van der Waals surface area contributed by atoms with E-state index in [1.165, 1.54) is 6.07 Å². The molecule has 1 aromatic carbocycles. The molecule has 3 heteroatoms. The molecule has 1 atom stereocenters. The molecule has 1 aliphatic rings. The van der Waals surface area contributed by atoms with Crippen LogP contribution in [0.15, 0.2) is 41.2 Å². The van der Waals surface area contributed by atoms with Gasteiger partial charge in [0.05, 0.1) is 18.1 Å². The smallest absolute Gasteiger partial charge is 0.126 e. The molecule has 88 valence electrons. The van der Waals surface area contributed by atoms with E-state index < -0.39 is 5.60 Å². The summed E-state index contributed by atoms with van der Waals surface area (Å²) in [6.45, 7) is 0. The fourth-order valence-electron chi connectivity index (χ4n) is 2.63. The average Bonchev–Trinajstić information content (AvgIpc) is 2.90. The first-order valence-corrected chi connectivity index (χ1v) is 5.70. The minimum atomic E-state index is -0.957. The zero-order valence-electron chi connectivity index (χ0n) is 9.32. The van der Waals surface area contributed by atoms with Gasteiger partial charge in [-0.3, -0.25) is 0 Å². The normalized spacial score (nSPS) is 22.7. The molecule has 0 saturated carbocycles. The highest BCUT2D eigenvalue weighted by molar-refractivity contribution is 5.39. The predicted molar refractivity (Wildman–Crippen MR) is 61.0 cm³/mol. The van der Waals surface area contributed by atoms with Gasteiger partial charge >= 0.3 is 0 Å². The molecule has 1 aliphatic carbocycles. The first-order chi connectivity index (χ1) is 8.19. The molecule has 0 fully saturated rings. The van der Waals surface area contributed by atoms with Crippen LogP contribution in [0.2, 0.25) is 0 Å². The fourth-order valence-corrected chi connectivity index (χ4v) is 2.63. The monoisotopic (exact) mass is 232 g/mol. The quantitative estimate of drug-likeness (QED) is 0.863. The van der Waals surface area contributed by atoms with Gasteiger partial charge in [0, 0.05) is 6.42 Å². The van der Waals surface area contributed by atoms with E-state index in [2.05, 4.69) is 0 Å². The topological polar surface area (TPSA) is 33.4 Å². The van der Waals surface area contributed by atoms with Gasteiger partial charge in [-0.25, -0.2) is 4.39 Å². The molecule has 1 aromatic heterocycles. The molecule has 1 heterocycles. The summed E-state index contributed by atoms with van der Waals surface area (Å²) in [5.74, 6) is -0.217. The van der Waals surface area contributed by atoms with E-state index in [0.717, 1.165) is 11.1 Å². The molecule has 3 rings (SSSR count). The molecule has 0 bridgehead atoms. The van der Waals surface area contributed by atoms with Crippen molar-refractivity contribution in [3.8, 4) is 0 Å². The Morgan fingerprint density at radius 1 is 1.35 bits per heavy atom. The Morgan fingerprint density at radius 3 is 3.00 bits per heavy atom. The third-order valence-corrected chi connectivity index (χ3v) is 3.49. The van der Waals surface area contributed by atoms with Gasteiger partial charge in [0.25, 0.3) is 0 Å². The Bertz CT molecular complexity index is 533. The van der Waals surface area contributed by atoms with E-state index in [1.54, 1.807) is 18.6 Å². The number of aliphatic hydroxyl groups is 1. The van der Waals surface area contributed by atoms with Gasteiger partial charge in [0.1, 0.15) is 5.82 Å². The summed E-state index contributed by atoms with van der Waals surface area (Å²) in [5, 5.41) is 10.6. The second-order valence-corrected chi connectivity index (χ2v) is 4.61. The van der Waals surface area contributed by atoms with Crippen LogP contribution in [0.1, 0.15) is 23.1 Å². The van der Waals surface area contributed by atoms with Crippen LogP contribution in [0.3, 0.4) is 0 Å². The molecule has 0 aliphatic heterocycles. The van der Waals surface area contributed by atoms with Crippen LogP contribution < -0.4 is 0 Å². The second-order valence-electron chi connectivity index (χ2n) is 4.61. The largest absolute Gasteiger partial charge is 0.472 e. The maximum atomic E-state index is 13.6. The van der Waals surface area contributed by atoms with Crippen molar-refractivity contribution in [2.75, 3.05) is 0 Å². The van der Waals surface area contributed by atoms with Crippen molar-refractivity contribution in [2.24, 2.45) is 0 Å². The predicted octanol–water partition coefficient (Wildman–Crippen LogP) is 2.80. The third-order valence-electron chi connectivity index (χ3n) is 3.49. The lowest BCUT2D eigenvalue weighted by Crippen LogP contribution is -2.25. The SMILES string of the molecule is OC1(Cc2ccoc2)CCc2c(F)cccc21. The minimum Gasteiger partial charge on any atom is -0.472 e. The van der Waals surface area contributed by atoms with E-state index in [4.69, 9.17) is 4.42 Å². The van der Waals surface area contributed by atoms with Gasteiger partial charge in [0.2, 0.25) is 0 Å². The number of hydrogen-bond acceptors (Lipinski definition) is 2. The van der Waals surface area contributed by atoms with Gasteiger partial charge < -0.3 is 9.52 Å². The molecular formula is C14H13FO2. The third kappa shape index (κ3) is 1.67. The van der Waals surface area contributed by atoms with Crippen LogP contribution >= 0.6 is 0 Å². The van der Waals surface area contributed by atoms with Crippen LogP contribution in [0, 0.1) is 5.82 Å². The van der Waals surface area contributed by atoms with Crippen LogP contribution in [0.4, 0.5) is 4.39 Å². The van der Waals surface area contributed by atoms with Crippen molar-refractivity contribution >= 4 is 0 Å². The number of hydrogen-bond donors (Lipinski definition) is 1. The summed E-state index contributed by atoms with van der Waals surface area (Å²) in [5.41, 5.74) is 1.35. The Labute approximate surface area is 98.7 Å². The zero-order chi connectivity index (χ0) is 11.9. The number of halogens is 1. The zero-order valence-corrected chi connectivity index (χ0v) is 9.32. The Morgan fingerprint density at radius 2 is 2.24 bits per heavy atom. The molecule has 0 spiro atoms. The van der Waals surface area contributed by atoms with Crippen LogP contribution in [0.5, 0.6) is 0 Å². The van der Waals surface area contributed by atoms with E-state index in [0.29, 0.717) is 24.8 Å². The Kier molecular flexibility index (Phi) is 2.30. The molecule has 0 amide bonds. The van der Waals surface area contributed by atoms with Crippen molar-refractivity contribution in [1.29, 1.82) is 0 Å². The summed E-state index contributed by atoms with van der Waals surface area (Å²) in [6, 6.07) is 6.74. The Hall–Kier alpha value is -1.61. The van der Waals surface area contributed by atoms with Gasteiger partial charge in [-0.05, 0) is 41.7 Å². The first-order valence-electron chi connectivity index (χ1n) is 5.70. The number of rotatable bonds is 2. The summed E-state index contributed by atoms with van der Waals surface area (Å²) in [4.78, 5) is 0. The van der Waals surface area contributed by atoms with E-state index in [9.17, 15) is 9.50 Å². The lowest BCUT2D eigenvalue weighted by Gasteiger charge is -2.23. The summed E-state index contributed by atoms with van der Waals surface area (Å²) < 4.78 is 18.6. The van der Waals surface area contributed by atoms with Crippen LogP contribution in [-0.4, -0.2) is 5.11 Å². The lowest BCUT2D eigenvalue weighted by atomic mass is 9.90. The molecule has 0 radical (unpaired) electrons. The second kappa shape index (κ2) is 3.70. The first kappa shape index (κ1) is 10.5. The summed E-state index contributed by atoms with van der Waals surface area (Å²) >= 11 is 0. The van der Waals surface area contributed by atoms with Gasteiger partial charge in [-0.1, -0.05) is 12.1 Å². The average molecular weight is 232 g/mol. The number of benzene rings is 1. The van der Waals surface area contributed by atoms with Crippen LogP contribution in [-0.2, 0) is 18.4 Å². The van der Waals surface area contributed by atoms with E-state index >= 15 is 0 Å². The van der Waals surface area contributed by atoms with Crippen molar-refractivity contribution in [3.63, 3.8) is 0 Å². The minimum absolute atomic E-state index is 0.217. The van der Waals surface area contributed by atoms with Gasteiger partial charge in [-0.15, -0.1) is 0 Å². The summed E-state index contributed by atoms with van der Waals surface area (Å²) in [6.07, 6.45) is 4.83. The molecule has 2 nitrogen and oxygen atoms in total. The van der Waals surface area contributed by atoms with Crippen molar-refractivity contribution < 1.29 is 13.9 Å². The molecule has 0 saturated heterocycles. The van der Waals surface area contributed by atoms with Crippen molar-refractivity contribution in [3.05, 3.63) is 59.3 Å². The number of fused-ring (bicyclic) bond motifs is 1. The summed E-state index contributed by atoms with van der Waals surface area (Å²) in [7, 11) is 0. The highest BCUT2D eigenvalue weighted by Gasteiger charge is 2.38. The highest BCUT2D eigenvalue weighted by atomic mass is 19.1. The van der Waals surface area contributed by atoms with Crippen LogP contribution in [0.25, 0.3) is 0 Å². The molecular weight excluding hydrogens is 219 g/mol. The maximum Gasteiger partial charge on any atom is 0.126 e. The van der Waals surface area contributed by atoms with Gasteiger partial charge in [0.15, 0.2) is 0 Å². The molecule has 1 unspecified atom stereocenters. The van der Waals surface area contributed by atoms with Gasteiger partial charge in [-0.2, -0.15) is 0 Å².